The summed E-state index contributed by atoms with van der Waals surface area (Å²) in [5.41, 5.74) is 1.24. The summed E-state index contributed by atoms with van der Waals surface area (Å²) in [6, 6.07) is 8.82. The second-order valence-corrected chi connectivity index (χ2v) is 8.60. The fourth-order valence-corrected chi connectivity index (χ4v) is 4.51. The summed E-state index contributed by atoms with van der Waals surface area (Å²) in [5, 5.41) is 3.61. The molecule has 1 atom stereocenters. The lowest BCUT2D eigenvalue weighted by atomic mass is 10.0. The zero-order valence-corrected chi connectivity index (χ0v) is 15.0. The van der Waals surface area contributed by atoms with E-state index in [2.05, 4.69) is 34.2 Å². The summed E-state index contributed by atoms with van der Waals surface area (Å²) in [5.74, 6) is 0.193. The summed E-state index contributed by atoms with van der Waals surface area (Å²) in [6.45, 7) is 5.09. The topological polar surface area (TPSA) is 49.4 Å². The van der Waals surface area contributed by atoms with Gasteiger partial charge in [0.25, 0.3) is 0 Å². The van der Waals surface area contributed by atoms with E-state index >= 15 is 0 Å². The summed E-state index contributed by atoms with van der Waals surface area (Å²) in [7, 11) is -3.03. The quantitative estimate of drug-likeness (QED) is 0.861. The van der Waals surface area contributed by atoms with Gasteiger partial charge in [0.05, 0.1) is 5.75 Å². The maximum atomic E-state index is 11.8. The van der Waals surface area contributed by atoms with E-state index < -0.39 is 10.0 Å². The molecular weight excluding hydrogens is 352 g/mol. The van der Waals surface area contributed by atoms with Crippen molar-refractivity contribution in [1.29, 1.82) is 0 Å². The van der Waals surface area contributed by atoms with Gasteiger partial charge in [-0.1, -0.05) is 34.1 Å². The Hall–Kier alpha value is -0.430. The molecule has 1 aromatic carbocycles. The Balaban J connectivity index is 1.91. The Bertz CT molecular complexity index is 569. The normalized spacial score (nSPS) is 19.6. The highest BCUT2D eigenvalue weighted by molar-refractivity contribution is 9.10. The number of hydrogen-bond acceptors (Lipinski definition) is 3. The van der Waals surface area contributed by atoms with Crippen molar-refractivity contribution >= 4 is 26.0 Å². The largest absolute Gasteiger partial charge is 0.307 e. The zero-order valence-electron chi connectivity index (χ0n) is 12.5. The van der Waals surface area contributed by atoms with E-state index in [0.29, 0.717) is 19.1 Å². The SMILES string of the molecule is CCS(=O)(=O)N1CCC(NC(C)c2ccccc2Br)CC1. The number of nitrogens with one attached hydrogen (secondary N) is 1. The van der Waals surface area contributed by atoms with Crippen LogP contribution in [0.15, 0.2) is 28.7 Å². The van der Waals surface area contributed by atoms with Crippen molar-refractivity contribution < 1.29 is 8.42 Å². The number of sulfonamides is 1. The second-order valence-electron chi connectivity index (χ2n) is 5.48. The van der Waals surface area contributed by atoms with Crippen LogP contribution in [-0.2, 0) is 10.0 Å². The molecule has 2 rings (SSSR count). The van der Waals surface area contributed by atoms with Crippen molar-refractivity contribution in [3.05, 3.63) is 34.3 Å². The number of nitrogens with zero attached hydrogens (tertiary/aromatic N) is 1. The van der Waals surface area contributed by atoms with Crippen LogP contribution < -0.4 is 5.32 Å². The van der Waals surface area contributed by atoms with E-state index in [0.717, 1.165) is 17.3 Å². The molecule has 1 aliphatic heterocycles. The fourth-order valence-electron chi connectivity index (χ4n) is 2.75. The minimum absolute atomic E-state index is 0.193. The van der Waals surface area contributed by atoms with E-state index in [1.54, 1.807) is 11.2 Å². The van der Waals surface area contributed by atoms with Crippen LogP contribution in [0.4, 0.5) is 0 Å². The van der Waals surface area contributed by atoms with Gasteiger partial charge in [0.15, 0.2) is 0 Å². The molecule has 0 saturated carbocycles. The van der Waals surface area contributed by atoms with Gasteiger partial charge < -0.3 is 5.32 Å². The molecule has 4 nitrogen and oxygen atoms in total. The van der Waals surface area contributed by atoms with Crippen molar-refractivity contribution in [3.8, 4) is 0 Å². The Kier molecular flexibility index (Phi) is 5.82. The minimum Gasteiger partial charge on any atom is -0.307 e. The van der Waals surface area contributed by atoms with Gasteiger partial charge in [0.1, 0.15) is 0 Å². The molecule has 1 fully saturated rings. The van der Waals surface area contributed by atoms with E-state index in [9.17, 15) is 8.42 Å². The van der Waals surface area contributed by atoms with Gasteiger partial charge in [-0.05, 0) is 38.3 Å². The first kappa shape index (κ1) is 16.9. The van der Waals surface area contributed by atoms with Gasteiger partial charge in [-0.2, -0.15) is 0 Å². The van der Waals surface area contributed by atoms with Crippen LogP contribution in [0.2, 0.25) is 0 Å². The summed E-state index contributed by atoms with van der Waals surface area (Å²) < 4.78 is 26.4. The van der Waals surface area contributed by atoms with Crippen molar-refractivity contribution in [2.45, 2.75) is 38.8 Å². The molecule has 0 bridgehead atoms. The highest BCUT2D eigenvalue weighted by Crippen LogP contribution is 2.24. The molecule has 118 valence electrons. The second kappa shape index (κ2) is 7.22. The third kappa shape index (κ3) is 4.28. The van der Waals surface area contributed by atoms with E-state index in [-0.39, 0.29) is 11.8 Å². The standard InChI is InChI=1S/C15H23BrN2O2S/c1-3-21(19,20)18-10-8-13(9-11-18)17-12(2)14-6-4-5-7-15(14)16/h4-7,12-13,17H,3,8-11H2,1-2H3. The molecule has 0 aromatic heterocycles. The molecule has 1 heterocycles. The first-order chi connectivity index (χ1) is 9.94. The summed E-state index contributed by atoms with van der Waals surface area (Å²) in [6.07, 6.45) is 1.74. The van der Waals surface area contributed by atoms with Gasteiger partial charge in [-0.3, -0.25) is 0 Å². The van der Waals surface area contributed by atoms with Gasteiger partial charge >= 0.3 is 0 Å². The Labute approximate surface area is 136 Å². The highest BCUT2D eigenvalue weighted by Gasteiger charge is 2.27. The highest BCUT2D eigenvalue weighted by atomic mass is 79.9. The van der Waals surface area contributed by atoms with Crippen LogP contribution >= 0.6 is 15.9 Å². The molecule has 21 heavy (non-hydrogen) atoms. The minimum atomic E-state index is -3.03. The average Bonchev–Trinajstić information content (AvgIpc) is 2.48. The lowest BCUT2D eigenvalue weighted by molar-refractivity contribution is 0.277. The van der Waals surface area contributed by atoms with Crippen molar-refractivity contribution in [2.24, 2.45) is 0 Å². The molecule has 0 aliphatic carbocycles. The van der Waals surface area contributed by atoms with Crippen LogP contribution in [0.1, 0.15) is 38.3 Å². The van der Waals surface area contributed by atoms with E-state index in [1.807, 2.05) is 18.2 Å². The monoisotopic (exact) mass is 374 g/mol. The fraction of sp³-hybridized carbons (Fsp3) is 0.600. The predicted octanol–water partition coefficient (Wildman–Crippen LogP) is 2.91. The number of piperidine rings is 1. The van der Waals surface area contributed by atoms with Crippen LogP contribution in [0.5, 0.6) is 0 Å². The molecule has 1 aromatic rings. The number of benzene rings is 1. The van der Waals surface area contributed by atoms with Crippen LogP contribution in [0.3, 0.4) is 0 Å². The first-order valence-corrected chi connectivity index (χ1v) is 9.82. The van der Waals surface area contributed by atoms with E-state index in [4.69, 9.17) is 0 Å². The lowest BCUT2D eigenvalue weighted by Gasteiger charge is -2.33. The number of hydrogen-bond donors (Lipinski definition) is 1. The molecule has 1 N–H and O–H groups in total. The third-order valence-electron chi connectivity index (χ3n) is 4.07. The summed E-state index contributed by atoms with van der Waals surface area (Å²) >= 11 is 3.58. The van der Waals surface area contributed by atoms with Crippen molar-refractivity contribution in [3.63, 3.8) is 0 Å². The molecule has 0 amide bonds. The predicted molar refractivity (Wildman–Crippen MR) is 89.7 cm³/mol. The lowest BCUT2D eigenvalue weighted by Crippen LogP contribution is -2.45. The van der Waals surface area contributed by atoms with E-state index in [1.165, 1.54) is 5.56 Å². The smallest absolute Gasteiger partial charge is 0.213 e. The number of halogens is 1. The average molecular weight is 375 g/mol. The van der Waals surface area contributed by atoms with Crippen LogP contribution in [0.25, 0.3) is 0 Å². The molecule has 0 spiro atoms. The van der Waals surface area contributed by atoms with Gasteiger partial charge in [-0.15, -0.1) is 0 Å². The molecule has 6 heteroatoms. The third-order valence-corrected chi connectivity index (χ3v) is 6.67. The van der Waals surface area contributed by atoms with Gasteiger partial charge in [-0.25, -0.2) is 12.7 Å². The molecule has 1 unspecified atom stereocenters. The maximum Gasteiger partial charge on any atom is 0.213 e. The maximum absolute atomic E-state index is 11.8. The van der Waals surface area contributed by atoms with Gasteiger partial charge in [0.2, 0.25) is 10.0 Å². The molecule has 0 radical (unpaired) electrons. The number of rotatable bonds is 5. The van der Waals surface area contributed by atoms with Crippen molar-refractivity contribution in [1.82, 2.24) is 9.62 Å². The Morgan fingerprint density at radius 1 is 1.33 bits per heavy atom. The Morgan fingerprint density at radius 2 is 1.95 bits per heavy atom. The van der Waals surface area contributed by atoms with Crippen molar-refractivity contribution in [2.75, 3.05) is 18.8 Å². The molecular formula is C15H23BrN2O2S. The first-order valence-electron chi connectivity index (χ1n) is 7.42. The Morgan fingerprint density at radius 3 is 2.52 bits per heavy atom. The molecule has 1 aliphatic rings. The van der Waals surface area contributed by atoms with Crippen LogP contribution in [-0.4, -0.2) is 37.6 Å². The molecule has 1 saturated heterocycles. The van der Waals surface area contributed by atoms with Gasteiger partial charge in [0, 0.05) is 29.6 Å². The zero-order chi connectivity index (χ0) is 15.5. The summed E-state index contributed by atoms with van der Waals surface area (Å²) in [4.78, 5) is 0. The van der Waals surface area contributed by atoms with Crippen LogP contribution in [0, 0.1) is 0 Å².